The zero-order valence-electron chi connectivity index (χ0n) is 12.1. The van der Waals surface area contributed by atoms with E-state index in [0.717, 1.165) is 30.3 Å². The first-order chi connectivity index (χ1) is 10.4. The molecule has 110 valence electrons. The van der Waals surface area contributed by atoms with E-state index in [4.69, 9.17) is 14.2 Å². The summed E-state index contributed by atoms with van der Waals surface area (Å²) in [5, 5.41) is 3.43. The second-order valence-corrected chi connectivity index (χ2v) is 4.83. The minimum Gasteiger partial charge on any atom is -0.494 e. The fourth-order valence-corrected chi connectivity index (χ4v) is 2.34. The normalized spacial score (nSPS) is 12.4. The van der Waals surface area contributed by atoms with Crippen LogP contribution in [-0.2, 0) is 13.1 Å². The van der Waals surface area contributed by atoms with Crippen LogP contribution in [0, 0.1) is 0 Å². The van der Waals surface area contributed by atoms with E-state index >= 15 is 0 Å². The van der Waals surface area contributed by atoms with Crippen LogP contribution in [-0.4, -0.2) is 13.4 Å². The average molecular weight is 285 g/mol. The lowest BCUT2D eigenvalue weighted by molar-refractivity contribution is 0.174. The van der Waals surface area contributed by atoms with Gasteiger partial charge in [0, 0.05) is 18.7 Å². The van der Waals surface area contributed by atoms with Crippen LogP contribution in [0.4, 0.5) is 0 Å². The van der Waals surface area contributed by atoms with Crippen molar-refractivity contribution in [1.29, 1.82) is 0 Å². The van der Waals surface area contributed by atoms with Crippen LogP contribution < -0.4 is 19.5 Å². The van der Waals surface area contributed by atoms with E-state index in [-0.39, 0.29) is 0 Å². The summed E-state index contributed by atoms with van der Waals surface area (Å²) < 4.78 is 16.3. The summed E-state index contributed by atoms with van der Waals surface area (Å²) in [5.41, 5.74) is 2.34. The van der Waals surface area contributed by atoms with Crippen molar-refractivity contribution in [1.82, 2.24) is 5.32 Å². The van der Waals surface area contributed by atoms with Gasteiger partial charge >= 0.3 is 0 Å². The number of hydrogen-bond donors (Lipinski definition) is 1. The predicted molar refractivity (Wildman–Crippen MR) is 80.7 cm³/mol. The Balaban J connectivity index is 1.59. The first-order valence-corrected chi connectivity index (χ1v) is 7.17. The van der Waals surface area contributed by atoms with Crippen LogP contribution in [0.3, 0.4) is 0 Å². The molecule has 0 aromatic heterocycles. The standard InChI is InChI=1S/C17H19NO3/c1-2-19-15-6-4-3-5-14(15)11-18-10-13-7-8-16-17(9-13)21-12-20-16/h3-9,18H,2,10-12H2,1H3. The van der Waals surface area contributed by atoms with Crippen molar-refractivity contribution < 1.29 is 14.2 Å². The molecule has 1 heterocycles. The molecule has 0 spiro atoms. The Morgan fingerprint density at radius 2 is 1.90 bits per heavy atom. The van der Waals surface area contributed by atoms with E-state index in [9.17, 15) is 0 Å². The molecule has 0 fully saturated rings. The molecule has 2 aromatic rings. The highest BCUT2D eigenvalue weighted by molar-refractivity contribution is 5.44. The summed E-state index contributed by atoms with van der Waals surface area (Å²) in [7, 11) is 0. The van der Waals surface area contributed by atoms with Gasteiger partial charge in [-0.1, -0.05) is 24.3 Å². The Morgan fingerprint density at radius 3 is 2.81 bits per heavy atom. The molecule has 0 amide bonds. The topological polar surface area (TPSA) is 39.7 Å². The monoisotopic (exact) mass is 285 g/mol. The molecule has 1 aliphatic rings. The maximum atomic E-state index is 5.62. The molecular weight excluding hydrogens is 266 g/mol. The molecule has 0 atom stereocenters. The van der Waals surface area contributed by atoms with Gasteiger partial charge in [0.1, 0.15) is 5.75 Å². The van der Waals surface area contributed by atoms with E-state index in [1.807, 2.05) is 37.3 Å². The number of para-hydroxylation sites is 1. The lowest BCUT2D eigenvalue weighted by Crippen LogP contribution is -2.13. The van der Waals surface area contributed by atoms with Gasteiger partial charge < -0.3 is 19.5 Å². The second kappa shape index (κ2) is 6.50. The summed E-state index contributed by atoms with van der Waals surface area (Å²) >= 11 is 0. The lowest BCUT2D eigenvalue weighted by atomic mass is 10.1. The summed E-state index contributed by atoms with van der Waals surface area (Å²) in [5.74, 6) is 2.59. The van der Waals surface area contributed by atoms with Crippen molar-refractivity contribution in [2.45, 2.75) is 20.0 Å². The van der Waals surface area contributed by atoms with E-state index in [0.29, 0.717) is 13.4 Å². The fraction of sp³-hybridized carbons (Fsp3) is 0.294. The Hall–Kier alpha value is -2.20. The molecule has 0 saturated carbocycles. The van der Waals surface area contributed by atoms with Crippen LogP contribution in [0.2, 0.25) is 0 Å². The molecule has 0 radical (unpaired) electrons. The van der Waals surface area contributed by atoms with Crippen molar-refractivity contribution in [3.05, 3.63) is 53.6 Å². The van der Waals surface area contributed by atoms with Gasteiger partial charge in [-0.2, -0.15) is 0 Å². The molecule has 3 rings (SSSR count). The highest BCUT2D eigenvalue weighted by Crippen LogP contribution is 2.32. The summed E-state index contributed by atoms with van der Waals surface area (Å²) in [6.45, 7) is 4.53. The van der Waals surface area contributed by atoms with Crippen LogP contribution in [0.15, 0.2) is 42.5 Å². The smallest absolute Gasteiger partial charge is 0.231 e. The number of fused-ring (bicyclic) bond motifs is 1. The van der Waals surface area contributed by atoms with Gasteiger partial charge in [0.15, 0.2) is 11.5 Å². The Bertz CT molecular complexity index is 613. The third-order valence-corrected chi connectivity index (χ3v) is 3.35. The third-order valence-electron chi connectivity index (χ3n) is 3.35. The average Bonchev–Trinajstić information content (AvgIpc) is 2.97. The van der Waals surface area contributed by atoms with E-state index in [2.05, 4.69) is 17.4 Å². The van der Waals surface area contributed by atoms with Crippen molar-refractivity contribution in [3.63, 3.8) is 0 Å². The molecule has 21 heavy (non-hydrogen) atoms. The minimum atomic E-state index is 0.313. The van der Waals surface area contributed by atoms with Gasteiger partial charge in [0.25, 0.3) is 0 Å². The Morgan fingerprint density at radius 1 is 1.05 bits per heavy atom. The molecule has 0 saturated heterocycles. The molecule has 1 aliphatic heterocycles. The summed E-state index contributed by atoms with van der Waals surface area (Å²) in [4.78, 5) is 0. The highest BCUT2D eigenvalue weighted by Gasteiger charge is 2.12. The molecule has 2 aromatic carbocycles. The van der Waals surface area contributed by atoms with Crippen LogP contribution in [0.5, 0.6) is 17.2 Å². The van der Waals surface area contributed by atoms with Gasteiger partial charge in [0.2, 0.25) is 6.79 Å². The van der Waals surface area contributed by atoms with Gasteiger partial charge in [0.05, 0.1) is 6.61 Å². The maximum absolute atomic E-state index is 5.62. The quantitative estimate of drug-likeness (QED) is 0.885. The predicted octanol–water partition coefficient (Wildman–Crippen LogP) is 3.10. The molecule has 0 bridgehead atoms. The minimum absolute atomic E-state index is 0.313. The Kier molecular flexibility index (Phi) is 4.26. The number of benzene rings is 2. The SMILES string of the molecule is CCOc1ccccc1CNCc1ccc2c(c1)OCO2. The van der Waals surface area contributed by atoms with Crippen molar-refractivity contribution >= 4 is 0 Å². The highest BCUT2D eigenvalue weighted by atomic mass is 16.7. The van der Waals surface area contributed by atoms with Gasteiger partial charge in [-0.3, -0.25) is 0 Å². The lowest BCUT2D eigenvalue weighted by Gasteiger charge is -2.11. The summed E-state index contributed by atoms with van der Waals surface area (Å²) in [6, 6.07) is 14.1. The van der Waals surface area contributed by atoms with E-state index in [1.54, 1.807) is 0 Å². The zero-order chi connectivity index (χ0) is 14.5. The third kappa shape index (κ3) is 3.28. The molecule has 4 nitrogen and oxygen atoms in total. The largest absolute Gasteiger partial charge is 0.494 e. The van der Waals surface area contributed by atoms with E-state index < -0.39 is 0 Å². The molecule has 4 heteroatoms. The fourth-order valence-electron chi connectivity index (χ4n) is 2.34. The Labute approximate surface area is 124 Å². The number of rotatable bonds is 6. The van der Waals surface area contributed by atoms with Crippen LogP contribution >= 0.6 is 0 Å². The summed E-state index contributed by atoms with van der Waals surface area (Å²) in [6.07, 6.45) is 0. The first kappa shape index (κ1) is 13.8. The molecular formula is C17H19NO3. The van der Waals surface area contributed by atoms with Crippen molar-refractivity contribution in [2.24, 2.45) is 0 Å². The van der Waals surface area contributed by atoms with Crippen molar-refractivity contribution in [3.8, 4) is 17.2 Å². The molecule has 0 unspecified atom stereocenters. The number of hydrogen-bond acceptors (Lipinski definition) is 4. The van der Waals surface area contributed by atoms with Gasteiger partial charge in [-0.25, -0.2) is 0 Å². The second-order valence-electron chi connectivity index (χ2n) is 4.83. The van der Waals surface area contributed by atoms with Crippen molar-refractivity contribution in [2.75, 3.05) is 13.4 Å². The van der Waals surface area contributed by atoms with E-state index in [1.165, 1.54) is 11.1 Å². The van der Waals surface area contributed by atoms with Gasteiger partial charge in [-0.15, -0.1) is 0 Å². The molecule has 0 aliphatic carbocycles. The number of ether oxygens (including phenoxy) is 3. The number of nitrogens with one attached hydrogen (secondary N) is 1. The van der Waals surface area contributed by atoms with Crippen LogP contribution in [0.25, 0.3) is 0 Å². The van der Waals surface area contributed by atoms with Gasteiger partial charge in [-0.05, 0) is 30.7 Å². The molecule has 1 N–H and O–H groups in total. The maximum Gasteiger partial charge on any atom is 0.231 e. The van der Waals surface area contributed by atoms with Crippen LogP contribution in [0.1, 0.15) is 18.1 Å². The first-order valence-electron chi connectivity index (χ1n) is 7.17. The zero-order valence-corrected chi connectivity index (χ0v) is 12.1.